The van der Waals surface area contributed by atoms with Crippen LogP contribution in [0, 0.1) is 0 Å². The van der Waals surface area contributed by atoms with Crippen molar-refractivity contribution in [1.82, 2.24) is 0 Å². The van der Waals surface area contributed by atoms with E-state index in [1.807, 2.05) is 48.5 Å². The van der Waals surface area contributed by atoms with E-state index in [-0.39, 0.29) is 0 Å². The lowest BCUT2D eigenvalue weighted by Gasteiger charge is -1.99. The van der Waals surface area contributed by atoms with E-state index in [9.17, 15) is 0 Å². The summed E-state index contributed by atoms with van der Waals surface area (Å²) >= 11 is 3.43. The van der Waals surface area contributed by atoms with Gasteiger partial charge in [-0.05, 0) is 18.2 Å². The van der Waals surface area contributed by atoms with Crippen LogP contribution in [-0.2, 0) is 0 Å². The maximum absolute atomic E-state index is 5.88. The molecule has 3 nitrogen and oxygen atoms in total. The van der Waals surface area contributed by atoms with Gasteiger partial charge in [0.05, 0.1) is 5.69 Å². The van der Waals surface area contributed by atoms with Gasteiger partial charge in [-0.1, -0.05) is 46.3 Å². The lowest BCUT2D eigenvalue weighted by molar-refractivity contribution is 1.46. The first-order valence-corrected chi connectivity index (χ1v) is 6.31. The highest BCUT2D eigenvalue weighted by Crippen LogP contribution is 2.23. The fraction of sp³-hybridized carbons (Fsp3) is 0. The van der Waals surface area contributed by atoms with E-state index in [0.717, 1.165) is 21.3 Å². The molecule has 0 aromatic heterocycles. The van der Waals surface area contributed by atoms with Crippen LogP contribution in [0.15, 0.2) is 63.0 Å². The summed E-state index contributed by atoms with van der Waals surface area (Å²) < 4.78 is 0.993. The highest BCUT2D eigenvalue weighted by molar-refractivity contribution is 9.10. The van der Waals surface area contributed by atoms with Crippen LogP contribution in [0.2, 0.25) is 0 Å². The monoisotopic (exact) mass is 299 g/mol. The molecule has 0 radical (unpaired) electrons. The molecule has 0 atom stereocenters. The fourth-order valence-electron chi connectivity index (χ4n) is 1.89. The number of nitrogens with zero attached hydrogens (tertiary/aromatic N) is 2. The first-order valence-electron chi connectivity index (χ1n) is 5.52. The van der Waals surface area contributed by atoms with E-state index in [0.29, 0.717) is 11.7 Å². The Labute approximate surface area is 113 Å². The quantitative estimate of drug-likeness (QED) is 0.863. The third-order valence-corrected chi connectivity index (χ3v) is 3.21. The first-order chi connectivity index (χ1) is 8.74. The zero-order valence-corrected chi connectivity index (χ0v) is 11.1. The predicted molar refractivity (Wildman–Crippen MR) is 77.5 cm³/mol. The van der Waals surface area contributed by atoms with Crippen LogP contribution in [-0.4, -0.2) is 11.7 Å². The molecule has 0 unspecified atom stereocenters. The molecule has 0 saturated carbocycles. The number of halogens is 1. The Morgan fingerprint density at radius 2 is 1.78 bits per heavy atom. The van der Waals surface area contributed by atoms with Gasteiger partial charge in [-0.2, -0.15) is 0 Å². The highest BCUT2D eigenvalue weighted by atomic mass is 79.9. The number of nitrogens with two attached hydrogens (primary N) is 1. The molecule has 2 N–H and O–H groups in total. The lowest BCUT2D eigenvalue weighted by atomic mass is 10.1. The topological polar surface area (TPSA) is 50.7 Å². The van der Waals surface area contributed by atoms with E-state index >= 15 is 0 Å². The van der Waals surface area contributed by atoms with E-state index in [1.165, 1.54) is 0 Å². The Morgan fingerprint density at radius 1 is 1.00 bits per heavy atom. The highest BCUT2D eigenvalue weighted by Gasteiger charge is 2.18. The molecule has 0 fully saturated rings. The van der Waals surface area contributed by atoms with Crippen molar-refractivity contribution >= 4 is 33.3 Å². The maximum atomic E-state index is 5.88. The number of fused-ring (bicyclic) bond motifs is 1. The number of rotatable bonds is 1. The average Bonchev–Trinajstić information content (AvgIpc) is 2.67. The summed E-state index contributed by atoms with van der Waals surface area (Å²) in [6, 6.07) is 15.6. The van der Waals surface area contributed by atoms with Crippen molar-refractivity contribution < 1.29 is 0 Å². The van der Waals surface area contributed by atoms with Gasteiger partial charge in [0.1, 0.15) is 5.84 Å². The van der Waals surface area contributed by atoms with Crippen molar-refractivity contribution in [2.75, 3.05) is 0 Å². The van der Waals surface area contributed by atoms with Crippen molar-refractivity contribution in [1.29, 1.82) is 0 Å². The third-order valence-electron chi connectivity index (χ3n) is 2.71. The minimum absolute atomic E-state index is 0.527. The van der Waals surface area contributed by atoms with E-state index in [2.05, 4.69) is 25.9 Å². The summed E-state index contributed by atoms with van der Waals surface area (Å²) in [4.78, 5) is 8.84. The van der Waals surface area contributed by atoms with Gasteiger partial charge in [0, 0.05) is 15.6 Å². The Balaban J connectivity index is 2.10. The van der Waals surface area contributed by atoms with Crippen LogP contribution in [0.25, 0.3) is 0 Å². The predicted octanol–water partition coefficient (Wildman–Crippen LogP) is 3.25. The zero-order chi connectivity index (χ0) is 12.5. The molecular formula is C14H10BrN3. The van der Waals surface area contributed by atoms with Crippen molar-refractivity contribution in [2.45, 2.75) is 0 Å². The van der Waals surface area contributed by atoms with Gasteiger partial charge in [-0.15, -0.1) is 0 Å². The first kappa shape index (κ1) is 11.2. The van der Waals surface area contributed by atoms with Crippen molar-refractivity contribution in [3.05, 3.63) is 64.1 Å². The standard InChI is InChI=1S/C14H10BrN3/c15-9-4-3-5-10(8-9)17-14-12-7-2-1-6-11(12)13(16)18-14/h1-8H,(H2,16,17,18). The summed E-state index contributed by atoms with van der Waals surface area (Å²) in [5, 5.41) is 0. The second kappa shape index (κ2) is 4.38. The van der Waals surface area contributed by atoms with Gasteiger partial charge < -0.3 is 5.73 Å². The van der Waals surface area contributed by atoms with Gasteiger partial charge in [0.2, 0.25) is 0 Å². The Bertz CT molecular complexity index is 674. The van der Waals surface area contributed by atoms with Crippen molar-refractivity contribution in [2.24, 2.45) is 15.7 Å². The van der Waals surface area contributed by atoms with Gasteiger partial charge in [0.25, 0.3) is 0 Å². The van der Waals surface area contributed by atoms with Crippen LogP contribution < -0.4 is 5.73 Å². The second-order valence-corrected chi connectivity index (χ2v) is 4.87. The molecule has 1 heterocycles. The number of hydrogen-bond donors (Lipinski definition) is 1. The van der Waals surface area contributed by atoms with Crippen LogP contribution >= 0.6 is 15.9 Å². The minimum Gasteiger partial charge on any atom is -0.383 e. The Kier molecular flexibility index (Phi) is 2.72. The molecule has 4 heteroatoms. The van der Waals surface area contributed by atoms with Crippen LogP contribution in [0.5, 0.6) is 0 Å². The van der Waals surface area contributed by atoms with E-state index in [1.54, 1.807) is 0 Å². The summed E-state index contributed by atoms with van der Waals surface area (Å²) in [5.74, 6) is 1.19. The summed E-state index contributed by atoms with van der Waals surface area (Å²) in [7, 11) is 0. The number of aliphatic imine (C=N–C) groups is 2. The molecule has 0 spiro atoms. The van der Waals surface area contributed by atoms with Crippen LogP contribution in [0.3, 0.4) is 0 Å². The molecular weight excluding hydrogens is 290 g/mol. The fourth-order valence-corrected chi connectivity index (χ4v) is 2.28. The largest absolute Gasteiger partial charge is 0.383 e. The van der Waals surface area contributed by atoms with Crippen LogP contribution in [0.1, 0.15) is 11.1 Å². The number of amidine groups is 2. The normalized spacial score (nSPS) is 15.6. The number of hydrogen-bond acceptors (Lipinski definition) is 2. The molecule has 0 amide bonds. The molecule has 3 rings (SSSR count). The summed E-state index contributed by atoms with van der Waals surface area (Å²) in [6.07, 6.45) is 0. The SMILES string of the molecule is NC1=NC(=Nc2cccc(Br)c2)c2ccccc21. The van der Waals surface area contributed by atoms with Gasteiger partial charge >= 0.3 is 0 Å². The molecule has 2 aromatic carbocycles. The third kappa shape index (κ3) is 1.95. The summed E-state index contributed by atoms with van der Waals surface area (Å²) in [5.41, 5.74) is 8.67. The lowest BCUT2D eigenvalue weighted by Crippen LogP contribution is -2.09. The average molecular weight is 300 g/mol. The molecule has 0 saturated heterocycles. The molecule has 1 aliphatic rings. The molecule has 2 aromatic rings. The molecule has 18 heavy (non-hydrogen) atoms. The van der Waals surface area contributed by atoms with Gasteiger partial charge in [-0.25, -0.2) is 9.98 Å². The zero-order valence-electron chi connectivity index (χ0n) is 9.47. The molecule has 88 valence electrons. The molecule has 0 bridgehead atoms. The summed E-state index contributed by atoms with van der Waals surface area (Å²) in [6.45, 7) is 0. The molecule has 0 aliphatic carbocycles. The van der Waals surface area contributed by atoms with Crippen molar-refractivity contribution in [3.63, 3.8) is 0 Å². The Morgan fingerprint density at radius 3 is 2.56 bits per heavy atom. The van der Waals surface area contributed by atoms with Gasteiger partial charge in [0.15, 0.2) is 5.84 Å². The smallest absolute Gasteiger partial charge is 0.162 e. The van der Waals surface area contributed by atoms with Crippen molar-refractivity contribution in [3.8, 4) is 0 Å². The van der Waals surface area contributed by atoms with E-state index in [4.69, 9.17) is 5.73 Å². The maximum Gasteiger partial charge on any atom is 0.162 e. The van der Waals surface area contributed by atoms with E-state index < -0.39 is 0 Å². The molecule has 1 aliphatic heterocycles. The number of benzene rings is 2. The Hall–Kier alpha value is -1.94. The van der Waals surface area contributed by atoms with Gasteiger partial charge in [-0.3, -0.25) is 0 Å². The minimum atomic E-state index is 0.527. The second-order valence-electron chi connectivity index (χ2n) is 3.96. The van der Waals surface area contributed by atoms with Crippen LogP contribution in [0.4, 0.5) is 5.69 Å².